The van der Waals surface area contributed by atoms with Gasteiger partial charge in [0.05, 0.1) is 17.8 Å². The third-order valence-electron chi connectivity index (χ3n) is 4.38. The monoisotopic (exact) mass is 304 g/mol. The highest BCUT2D eigenvalue weighted by Gasteiger charge is 2.27. The summed E-state index contributed by atoms with van der Waals surface area (Å²) in [4.78, 5) is 16.8. The molecule has 0 aromatic heterocycles. The first-order chi connectivity index (χ1) is 10.7. The van der Waals surface area contributed by atoms with E-state index in [0.29, 0.717) is 12.2 Å². The second-order valence-corrected chi connectivity index (χ2v) is 5.90. The van der Waals surface area contributed by atoms with Gasteiger partial charge in [-0.25, -0.2) is 0 Å². The number of carbonyl (C=O) groups is 1. The van der Waals surface area contributed by atoms with Gasteiger partial charge in [0.2, 0.25) is 0 Å². The van der Waals surface area contributed by atoms with Crippen LogP contribution in [-0.4, -0.2) is 44.1 Å². The van der Waals surface area contributed by atoms with Gasteiger partial charge in [0.25, 0.3) is 5.91 Å². The summed E-state index contributed by atoms with van der Waals surface area (Å²) < 4.78 is 5.77. The maximum absolute atomic E-state index is 12.7. The molecule has 1 fully saturated rings. The second kappa shape index (κ2) is 7.52. The predicted molar refractivity (Wildman–Crippen MR) is 90.9 cm³/mol. The predicted octanol–water partition coefficient (Wildman–Crippen LogP) is 3.41. The summed E-state index contributed by atoms with van der Waals surface area (Å²) in [5.41, 5.74) is 1.73. The quantitative estimate of drug-likeness (QED) is 0.797. The van der Waals surface area contributed by atoms with Gasteiger partial charge in [0.15, 0.2) is 5.75 Å². The van der Waals surface area contributed by atoms with Gasteiger partial charge in [-0.15, -0.1) is 0 Å². The molecule has 0 bridgehead atoms. The molecule has 0 aliphatic carbocycles. The highest BCUT2D eigenvalue weighted by atomic mass is 16.5. The summed E-state index contributed by atoms with van der Waals surface area (Å²) in [5, 5.41) is 0. The van der Waals surface area contributed by atoms with E-state index in [2.05, 4.69) is 11.8 Å². The Morgan fingerprint density at radius 2 is 1.86 bits per heavy atom. The van der Waals surface area contributed by atoms with E-state index in [4.69, 9.17) is 4.74 Å². The molecular weight excluding hydrogens is 276 g/mol. The van der Waals surface area contributed by atoms with E-state index in [1.807, 2.05) is 44.0 Å². The first-order valence-corrected chi connectivity index (χ1v) is 8.43. The van der Waals surface area contributed by atoms with Gasteiger partial charge in [-0.1, -0.05) is 26.8 Å². The number of piperidine rings is 1. The maximum atomic E-state index is 12.7. The van der Waals surface area contributed by atoms with Crippen LogP contribution in [-0.2, 0) is 0 Å². The molecule has 4 nitrogen and oxygen atoms in total. The van der Waals surface area contributed by atoms with Crippen LogP contribution in [0.3, 0.4) is 0 Å². The standard InChI is InChI=1S/C16H22N2O2.C2H6/c1-12-6-8-18(9-7-12)16(19)13-4-3-5-14-15(13)20-11-10-17(14)2;1-2/h3-5,12H,6-11H2,1-2H3;1-2H3. The lowest BCUT2D eigenvalue weighted by atomic mass is 9.98. The van der Waals surface area contributed by atoms with Crippen molar-refractivity contribution in [2.45, 2.75) is 33.6 Å². The van der Waals surface area contributed by atoms with E-state index < -0.39 is 0 Å². The van der Waals surface area contributed by atoms with Crippen molar-refractivity contribution >= 4 is 11.6 Å². The summed E-state index contributed by atoms with van der Waals surface area (Å²) >= 11 is 0. The van der Waals surface area contributed by atoms with Crippen molar-refractivity contribution < 1.29 is 9.53 Å². The van der Waals surface area contributed by atoms with E-state index in [0.717, 1.165) is 49.8 Å². The van der Waals surface area contributed by atoms with Crippen molar-refractivity contribution in [2.24, 2.45) is 5.92 Å². The van der Waals surface area contributed by atoms with Crippen molar-refractivity contribution in [3.63, 3.8) is 0 Å². The molecular formula is C18H28N2O2. The molecule has 0 spiro atoms. The number of carbonyl (C=O) groups excluding carboxylic acids is 1. The first-order valence-electron chi connectivity index (χ1n) is 8.43. The molecule has 3 rings (SSSR count). The van der Waals surface area contributed by atoms with Crippen molar-refractivity contribution in [2.75, 3.05) is 38.2 Å². The third-order valence-corrected chi connectivity index (χ3v) is 4.38. The zero-order valence-corrected chi connectivity index (χ0v) is 14.3. The number of benzene rings is 1. The van der Waals surface area contributed by atoms with Crippen LogP contribution in [0.15, 0.2) is 18.2 Å². The molecule has 2 aliphatic rings. The lowest BCUT2D eigenvalue weighted by Crippen LogP contribution is -2.38. The summed E-state index contributed by atoms with van der Waals surface area (Å²) in [6.45, 7) is 9.49. The second-order valence-electron chi connectivity index (χ2n) is 5.90. The van der Waals surface area contributed by atoms with Crippen LogP contribution in [0.1, 0.15) is 44.0 Å². The zero-order chi connectivity index (χ0) is 16.1. The molecule has 0 unspecified atom stereocenters. The minimum Gasteiger partial charge on any atom is -0.489 e. The van der Waals surface area contributed by atoms with Crippen LogP contribution in [0, 0.1) is 5.92 Å². The fourth-order valence-corrected chi connectivity index (χ4v) is 2.93. The Kier molecular flexibility index (Phi) is 5.69. The van der Waals surface area contributed by atoms with Crippen molar-refractivity contribution in [3.05, 3.63) is 23.8 Å². The van der Waals surface area contributed by atoms with Crippen molar-refractivity contribution in [3.8, 4) is 5.75 Å². The topological polar surface area (TPSA) is 32.8 Å². The van der Waals surface area contributed by atoms with Gasteiger partial charge in [0, 0.05) is 20.1 Å². The van der Waals surface area contributed by atoms with E-state index in [-0.39, 0.29) is 5.91 Å². The average Bonchev–Trinajstić information content (AvgIpc) is 2.57. The number of fused-ring (bicyclic) bond motifs is 1. The number of ether oxygens (including phenoxy) is 1. The number of rotatable bonds is 1. The molecule has 1 aromatic rings. The smallest absolute Gasteiger partial charge is 0.257 e. The number of nitrogens with zero attached hydrogens (tertiary/aromatic N) is 2. The van der Waals surface area contributed by atoms with E-state index >= 15 is 0 Å². The molecule has 2 heterocycles. The van der Waals surface area contributed by atoms with Crippen LogP contribution >= 0.6 is 0 Å². The summed E-state index contributed by atoms with van der Waals surface area (Å²) in [7, 11) is 2.04. The Balaban J connectivity index is 0.000000847. The fraction of sp³-hybridized carbons (Fsp3) is 0.611. The third kappa shape index (κ3) is 3.37. The van der Waals surface area contributed by atoms with Gasteiger partial charge >= 0.3 is 0 Å². The Morgan fingerprint density at radius 3 is 2.55 bits per heavy atom. The molecule has 2 aliphatic heterocycles. The van der Waals surface area contributed by atoms with Gasteiger partial charge in [-0.05, 0) is 30.9 Å². The highest BCUT2D eigenvalue weighted by molar-refractivity contribution is 5.99. The average molecular weight is 304 g/mol. The SMILES string of the molecule is CC.CC1CCN(C(=O)c2cccc3c2OCCN3C)CC1. The number of anilines is 1. The molecule has 22 heavy (non-hydrogen) atoms. The molecule has 0 atom stereocenters. The van der Waals surface area contributed by atoms with E-state index in [1.54, 1.807) is 0 Å². The van der Waals surface area contributed by atoms with Crippen LogP contribution < -0.4 is 9.64 Å². The Bertz CT molecular complexity index is 508. The Hall–Kier alpha value is -1.71. The molecule has 122 valence electrons. The molecule has 1 aromatic carbocycles. The van der Waals surface area contributed by atoms with E-state index in [9.17, 15) is 4.79 Å². The maximum Gasteiger partial charge on any atom is 0.257 e. The Morgan fingerprint density at radius 1 is 1.18 bits per heavy atom. The van der Waals surface area contributed by atoms with Gasteiger partial charge < -0.3 is 14.5 Å². The molecule has 0 radical (unpaired) electrons. The number of amides is 1. The normalized spacial score (nSPS) is 18.0. The lowest BCUT2D eigenvalue weighted by molar-refractivity contribution is 0.0692. The van der Waals surface area contributed by atoms with Crippen LogP contribution in [0.2, 0.25) is 0 Å². The number of likely N-dealkylation sites (tertiary alicyclic amines) is 1. The van der Waals surface area contributed by atoms with Crippen LogP contribution in [0.5, 0.6) is 5.75 Å². The van der Waals surface area contributed by atoms with Crippen molar-refractivity contribution in [1.82, 2.24) is 4.90 Å². The molecule has 4 heteroatoms. The van der Waals surface area contributed by atoms with Crippen LogP contribution in [0.25, 0.3) is 0 Å². The van der Waals surface area contributed by atoms with Gasteiger partial charge in [0.1, 0.15) is 6.61 Å². The first kappa shape index (κ1) is 16.7. The number of likely N-dealkylation sites (N-methyl/N-ethyl adjacent to an activating group) is 1. The number of hydrogen-bond acceptors (Lipinski definition) is 3. The van der Waals surface area contributed by atoms with Gasteiger partial charge in [-0.3, -0.25) is 4.79 Å². The minimum atomic E-state index is 0.115. The summed E-state index contributed by atoms with van der Waals surface area (Å²) in [5.74, 6) is 1.60. The lowest BCUT2D eigenvalue weighted by Gasteiger charge is -2.33. The molecule has 1 amide bonds. The Labute approximate surface area is 134 Å². The molecule has 0 N–H and O–H groups in total. The van der Waals surface area contributed by atoms with Crippen LogP contribution in [0.4, 0.5) is 5.69 Å². The largest absolute Gasteiger partial charge is 0.489 e. The summed E-state index contributed by atoms with van der Waals surface area (Å²) in [6, 6.07) is 5.85. The van der Waals surface area contributed by atoms with Gasteiger partial charge in [-0.2, -0.15) is 0 Å². The molecule has 1 saturated heterocycles. The number of para-hydroxylation sites is 1. The molecule has 0 saturated carbocycles. The fourth-order valence-electron chi connectivity index (χ4n) is 2.93. The minimum absolute atomic E-state index is 0.115. The zero-order valence-electron chi connectivity index (χ0n) is 14.3. The number of hydrogen-bond donors (Lipinski definition) is 0. The highest BCUT2D eigenvalue weighted by Crippen LogP contribution is 2.35. The van der Waals surface area contributed by atoms with Crippen molar-refractivity contribution in [1.29, 1.82) is 0 Å². The van der Waals surface area contributed by atoms with E-state index in [1.165, 1.54) is 0 Å². The summed E-state index contributed by atoms with van der Waals surface area (Å²) in [6.07, 6.45) is 2.20.